The summed E-state index contributed by atoms with van der Waals surface area (Å²) in [5.74, 6) is 0.0340. The van der Waals surface area contributed by atoms with Crippen molar-refractivity contribution >= 4 is 17.4 Å². The third-order valence-electron chi connectivity index (χ3n) is 2.29. The molecule has 0 fully saturated rings. The summed E-state index contributed by atoms with van der Waals surface area (Å²) in [5.41, 5.74) is 2.92. The van der Waals surface area contributed by atoms with Crippen molar-refractivity contribution in [2.75, 3.05) is 0 Å². The minimum atomic E-state index is -0.392. The Bertz CT molecular complexity index is 344. The molecule has 0 aliphatic rings. The maximum absolute atomic E-state index is 11.8. The summed E-state index contributed by atoms with van der Waals surface area (Å²) in [6, 6.07) is 5.81. The monoisotopic (exact) mass is 210 g/mol. The highest BCUT2D eigenvalue weighted by atomic mass is 35.5. The van der Waals surface area contributed by atoms with Gasteiger partial charge >= 0.3 is 0 Å². The third kappa shape index (κ3) is 2.36. The second-order valence-electron chi connectivity index (χ2n) is 3.56. The standard InChI is InChI=1S/C12H15ClO/c1-4-11(13)12(14)10-6-5-8(2)7-9(10)3/h5-7,11H,4H2,1-3H3. The van der Waals surface area contributed by atoms with Gasteiger partial charge in [-0.25, -0.2) is 0 Å². The van der Waals surface area contributed by atoms with Crippen LogP contribution < -0.4 is 0 Å². The van der Waals surface area contributed by atoms with E-state index in [2.05, 4.69) is 0 Å². The molecule has 0 aliphatic carbocycles. The van der Waals surface area contributed by atoms with E-state index in [0.717, 1.165) is 11.1 Å². The van der Waals surface area contributed by atoms with Crippen LogP contribution in [0.15, 0.2) is 18.2 Å². The molecule has 0 saturated heterocycles. The first-order valence-corrected chi connectivity index (χ1v) is 5.25. The molecule has 0 saturated carbocycles. The van der Waals surface area contributed by atoms with Gasteiger partial charge in [-0.2, -0.15) is 0 Å². The Hall–Kier alpha value is -0.820. The van der Waals surface area contributed by atoms with E-state index in [9.17, 15) is 4.79 Å². The number of carbonyl (C=O) groups excluding carboxylic acids is 1. The van der Waals surface area contributed by atoms with E-state index in [4.69, 9.17) is 11.6 Å². The lowest BCUT2D eigenvalue weighted by molar-refractivity contribution is 0.0985. The van der Waals surface area contributed by atoms with Gasteiger partial charge in [-0.05, 0) is 25.8 Å². The molecule has 1 atom stereocenters. The van der Waals surface area contributed by atoms with Crippen molar-refractivity contribution in [2.24, 2.45) is 0 Å². The van der Waals surface area contributed by atoms with Crippen molar-refractivity contribution in [3.63, 3.8) is 0 Å². The Balaban J connectivity index is 3.02. The molecule has 0 radical (unpaired) electrons. The van der Waals surface area contributed by atoms with Crippen molar-refractivity contribution in [1.82, 2.24) is 0 Å². The quantitative estimate of drug-likeness (QED) is 0.551. The summed E-state index contributed by atoms with van der Waals surface area (Å²) >= 11 is 5.91. The third-order valence-corrected chi connectivity index (χ3v) is 2.80. The molecule has 0 bridgehead atoms. The Kier molecular flexibility index (Phi) is 3.70. The number of halogens is 1. The highest BCUT2D eigenvalue weighted by Crippen LogP contribution is 2.16. The van der Waals surface area contributed by atoms with Crippen molar-refractivity contribution in [2.45, 2.75) is 32.6 Å². The van der Waals surface area contributed by atoms with Crippen molar-refractivity contribution < 1.29 is 4.79 Å². The van der Waals surface area contributed by atoms with E-state index in [1.807, 2.05) is 39.0 Å². The maximum atomic E-state index is 11.8. The first kappa shape index (κ1) is 11.3. The van der Waals surface area contributed by atoms with Crippen LogP contribution in [0, 0.1) is 13.8 Å². The molecule has 0 aromatic heterocycles. The van der Waals surface area contributed by atoms with E-state index in [-0.39, 0.29) is 5.78 Å². The smallest absolute Gasteiger partial charge is 0.180 e. The minimum absolute atomic E-state index is 0.0340. The number of benzene rings is 1. The zero-order chi connectivity index (χ0) is 10.7. The molecule has 1 nitrogen and oxygen atoms in total. The molecule has 1 rings (SSSR count). The molecule has 2 heteroatoms. The number of hydrogen-bond acceptors (Lipinski definition) is 1. The molecule has 0 spiro atoms. The predicted octanol–water partition coefficient (Wildman–Crippen LogP) is 3.50. The van der Waals surface area contributed by atoms with Crippen LogP contribution in [0.1, 0.15) is 34.8 Å². The van der Waals surface area contributed by atoms with E-state index in [0.29, 0.717) is 6.42 Å². The number of alkyl halides is 1. The fourth-order valence-electron chi connectivity index (χ4n) is 1.44. The Morgan fingerprint density at radius 3 is 2.57 bits per heavy atom. The van der Waals surface area contributed by atoms with Crippen LogP contribution in [0.5, 0.6) is 0 Å². The molecule has 1 unspecified atom stereocenters. The second-order valence-corrected chi connectivity index (χ2v) is 4.09. The van der Waals surface area contributed by atoms with E-state index in [1.54, 1.807) is 0 Å². The molecule has 0 amide bonds. The largest absolute Gasteiger partial charge is 0.292 e. The van der Waals surface area contributed by atoms with Gasteiger partial charge in [0.25, 0.3) is 0 Å². The Morgan fingerprint density at radius 1 is 1.43 bits per heavy atom. The summed E-state index contributed by atoms with van der Waals surface area (Å²) < 4.78 is 0. The summed E-state index contributed by atoms with van der Waals surface area (Å²) in [7, 11) is 0. The lowest BCUT2D eigenvalue weighted by Gasteiger charge is -2.08. The van der Waals surface area contributed by atoms with Gasteiger partial charge < -0.3 is 0 Å². The van der Waals surface area contributed by atoms with Crippen LogP contribution >= 0.6 is 11.6 Å². The van der Waals surface area contributed by atoms with E-state index < -0.39 is 5.38 Å². The van der Waals surface area contributed by atoms with Gasteiger partial charge in [0.1, 0.15) is 0 Å². The summed E-state index contributed by atoms with van der Waals surface area (Å²) in [6.45, 7) is 5.87. The van der Waals surface area contributed by atoms with Gasteiger partial charge in [-0.1, -0.05) is 30.7 Å². The predicted molar refractivity (Wildman–Crippen MR) is 60.2 cm³/mol. The molecule has 14 heavy (non-hydrogen) atoms. The molecular formula is C12H15ClO. The zero-order valence-electron chi connectivity index (χ0n) is 8.80. The fraction of sp³-hybridized carbons (Fsp3) is 0.417. The number of ketones is 1. The van der Waals surface area contributed by atoms with Gasteiger partial charge in [0.15, 0.2) is 5.78 Å². The molecule has 0 N–H and O–H groups in total. The molecule has 0 heterocycles. The van der Waals surface area contributed by atoms with Crippen molar-refractivity contribution in [3.8, 4) is 0 Å². The van der Waals surface area contributed by atoms with Gasteiger partial charge in [-0.3, -0.25) is 4.79 Å². The number of carbonyl (C=O) groups is 1. The lowest BCUT2D eigenvalue weighted by Crippen LogP contribution is -2.14. The van der Waals surface area contributed by atoms with Gasteiger partial charge in [-0.15, -0.1) is 11.6 Å². The lowest BCUT2D eigenvalue weighted by atomic mass is 10.00. The van der Waals surface area contributed by atoms with Gasteiger partial charge in [0.2, 0.25) is 0 Å². The fourth-order valence-corrected chi connectivity index (χ4v) is 1.56. The molecule has 1 aromatic rings. The van der Waals surface area contributed by atoms with E-state index in [1.165, 1.54) is 5.56 Å². The highest BCUT2D eigenvalue weighted by molar-refractivity contribution is 6.34. The van der Waals surface area contributed by atoms with Crippen molar-refractivity contribution in [1.29, 1.82) is 0 Å². The van der Waals surface area contributed by atoms with Crippen LogP contribution in [0.3, 0.4) is 0 Å². The average molecular weight is 211 g/mol. The molecule has 76 valence electrons. The number of hydrogen-bond donors (Lipinski definition) is 0. The first-order valence-electron chi connectivity index (χ1n) is 4.81. The SMILES string of the molecule is CCC(Cl)C(=O)c1ccc(C)cc1C. The molecular weight excluding hydrogens is 196 g/mol. The summed E-state index contributed by atoms with van der Waals surface area (Å²) in [4.78, 5) is 11.8. The van der Waals surface area contributed by atoms with Crippen LogP contribution in [0.25, 0.3) is 0 Å². The summed E-state index contributed by atoms with van der Waals surface area (Å²) in [5, 5.41) is -0.392. The molecule has 1 aromatic carbocycles. The Labute approximate surface area is 90.1 Å². The minimum Gasteiger partial charge on any atom is -0.292 e. The number of aryl methyl sites for hydroxylation is 2. The Morgan fingerprint density at radius 2 is 2.07 bits per heavy atom. The topological polar surface area (TPSA) is 17.1 Å². The van der Waals surface area contributed by atoms with Crippen LogP contribution in [0.4, 0.5) is 0 Å². The number of rotatable bonds is 3. The second kappa shape index (κ2) is 4.61. The van der Waals surface area contributed by atoms with Crippen LogP contribution in [-0.2, 0) is 0 Å². The normalized spacial score (nSPS) is 12.6. The highest BCUT2D eigenvalue weighted by Gasteiger charge is 2.16. The number of Topliss-reactive ketones (excluding diaryl/α,β-unsaturated/α-hetero) is 1. The van der Waals surface area contributed by atoms with Crippen LogP contribution in [0.2, 0.25) is 0 Å². The maximum Gasteiger partial charge on any atom is 0.180 e. The average Bonchev–Trinajstić information content (AvgIpc) is 2.15. The first-order chi connectivity index (χ1) is 6.56. The zero-order valence-corrected chi connectivity index (χ0v) is 9.56. The van der Waals surface area contributed by atoms with Crippen molar-refractivity contribution in [3.05, 3.63) is 34.9 Å². The summed E-state index contributed by atoms with van der Waals surface area (Å²) in [6.07, 6.45) is 0.674. The van der Waals surface area contributed by atoms with Gasteiger partial charge in [0.05, 0.1) is 5.38 Å². The van der Waals surface area contributed by atoms with Crippen LogP contribution in [-0.4, -0.2) is 11.2 Å². The van der Waals surface area contributed by atoms with Gasteiger partial charge in [0, 0.05) is 5.56 Å². The molecule has 0 aliphatic heterocycles. The van der Waals surface area contributed by atoms with E-state index >= 15 is 0 Å².